The fourth-order valence-corrected chi connectivity index (χ4v) is 1.92. The van der Waals surface area contributed by atoms with E-state index in [4.69, 9.17) is 13.8 Å². The van der Waals surface area contributed by atoms with Gasteiger partial charge in [0, 0.05) is 26.4 Å². The summed E-state index contributed by atoms with van der Waals surface area (Å²) in [5, 5.41) is 0.0787. The van der Waals surface area contributed by atoms with Gasteiger partial charge < -0.3 is 19.9 Å². The number of fused-ring (bicyclic) bond motifs is 1. The largest absolute Gasteiger partial charge is 0.447 e. The summed E-state index contributed by atoms with van der Waals surface area (Å²) in [6.45, 7) is -2.74. The van der Waals surface area contributed by atoms with Crippen LogP contribution in [0.5, 0.6) is 0 Å². The number of alkyl carbamates (subject to hydrolysis) is 1. The molecule has 1 atom stereocenters. The molecule has 0 spiro atoms. The number of hydrogen-bond acceptors (Lipinski definition) is 3. The van der Waals surface area contributed by atoms with Gasteiger partial charge in [0.25, 0.3) is 0 Å². The smallest absolute Gasteiger partial charge is 0.407 e. The molecule has 1 fully saturated rings. The van der Waals surface area contributed by atoms with Gasteiger partial charge in [0.05, 0.1) is 14.3 Å². The fourth-order valence-electron chi connectivity index (χ4n) is 1.92. The summed E-state index contributed by atoms with van der Waals surface area (Å²) in [5.41, 5.74) is -0.754. The second-order valence-electron chi connectivity index (χ2n) is 4.93. The van der Waals surface area contributed by atoms with Crippen LogP contribution in [0.25, 0.3) is 10.9 Å². The lowest BCUT2D eigenvalue weighted by atomic mass is 10.0. The van der Waals surface area contributed by atoms with E-state index in [-0.39, 0.29) is 33.9 Å². The summed E-state index contributed by atoms with van der Waals surface area (Å²) >= 11 is 0. The van der Waals surface area contributed by atoms with Crippen molar-refractivity contribution in [2.24, 2.45) is 0 Å². The number of H-pyrrole nitrogens is 1. The van der Waals surface area contributed by atoms with E-state index in [2.05, 4.69) is 4.74 Å². The van der Waals surface area contributed by atoms with Crippen LogP contribution in [0, 0.1) is 0 Å². The van der Waals surface area contributed by atoms with Crippen LogP contribution in [-0.2, 0) is 17.5 Å². The Kier molecular flexibility index (Phi) is 1.76. The molecule has 2 N–H and O–H groups in total. The Hall–Kier alpha value is -2.01. The summed E-state index contributed by atoms with van der Waals surface area (Å²) in [7, 11) is 3.24. The first-order chi connectivity index (χ1) is 14.1. The monoisotopic (exact) mass is 297 g/mol. The lowest BCUT2D eigenvalue weighted by Gasteiger charge is -2.09. The van der Waals surface area contributed by atoms with E-state index < -0.39 is 55.8 Å². The number of amides is 1. The minimum absolute atomic E-state index is 0.170. The van der Waals surface area contributed by atoms with Gasteiger partial charge in [0.15, 0.2) is 2.82 Å². The molecule has 3 rings (SSSR count). The van der Waals surface area contributed by atoms with Crippen LogP contribution < -0.4 is 5.31 Å². The summed E-state index contributed by atoms with van der Waals surface area (Å²) in [4.78, 5) is 13.7. The van der Waals surface area contributed by atoms with Gasteiger partial charge in [0.1, 0.15) is 6.56 Å². The first kappa shape index (κ1) is 6.40. The number of ether oxygens (including phenoxy) is 1. The molecule has 5 nitrogen and oxygen atoms in total. The Morgan fingerprint density at radius 1 is 1.62 bits per heavy atom. The van der Waals surface area contributed by atoms with E-state index in [1.165, 1.54) is 4.90 Å². The predicted octanol–water partition coefficient (Wildman–Crippen LogP) is 1.92. The maximum Gasteiger partial charge on any atom is 0.407 e. The number of benzene rings is 1. The predicted molar refractivity (Wildman–Crippen MR) is 82.5 cm³/mol. The summed E-state index contributed by atoms with van der Waals surface area (Å²) in [6, 6.07) is -3.00. The molecule has 0 radical (unpaired) electrons. The number of hydrogen-bond donors (Lipinski definition) is 2. The van der Waals surface area contributed by atoms with Crippen molar-refractivity contribution in [3.8, 4) is 0 Å². The van der Waals surface area contributed by atoms with Crippen LogP contribution in [0.15, 0.2) is 24.3 Å². The number of rotatable bonds is 5. The van der Waals surface area contributed by atoms with E-state index in [9.17, 15) is 4.79 Å². The van der Waals surface area contributed by atoms with Crippen LogP contribution in [0.1, 0.15) is 22.1 Å². The topological polar surface area (TPSA) is 57.4 Å². The number of nitrogens with zero attached hydrogens (tertiary/aromatic N) is 1. The number of cyclic esters (lactones) is 1. The van der Waals surface area contributed by atoms with Gasteiger partial charge in [-0.1, -0.05) is 6.04 Å². The lowest BCUT2D eigenvalue weighted by molar-refractivity contribution is 0.177. The quantitative estimate of drug-likeness (QED) is 0.886. The highest BCUT2D eigenvalue weighted by Gasteiger charge is 2.22. The van der Waals surface area contributed by atoms with Gasteiger partial charge in [-0.3, -0.25) is 0 Å². The number of aromatic nitrogens is 1. The van der Waals surface area contributed by atoms with E-state index in [1.807, 2.05) is 0 Å². The average molecular weight is 297 g/mol. The number of nitrogens with one attached hydrogen (secondary N) is 2. The minimum Gasteiger partial charge on any atom is -0.447 e. The number of aromatic amines is 1. The molecule has 2 heterocycles. The maximum absolute atomic E-state index is 11.6. The van der Waals surface area contributed by atoms with Gasteiger partial charge in [0.2, 0.25) is 0 Å². The molecular weight excluding hydrogens is 266 g/mol. The van der Waals surface area contributed by atoms with Crippen molar-refractivity contribution < 1.29 is 23.3 Å². The molecule has 2 aromatic rings. The third kappa shape index (κ3) is 3.19. The zero-order valence-electron chi connectivity index (χ0n) is 21.6. The molecule has 5 heteroatoms. The lowest BCUT2D eigenvalue weighted by Crippen LogP contribution is -2.28. The first-order valence-electron chi connectivity index (χ1n) is 11.3. The number of carbonyl (C=O) groups is 1. The zero-order valence-corrected chi connectivity index (χ0v) is 11.6. The van der Waals surface area contributed by atoms with Gasteiger partial charge in [-0.2, -0.15) is 0 Å². The first-order valence-corrected chi connectivity index (χ1v) is 6.41. The number of likely N-dealkylation sites (N-methyl/N-ethyl adjacent to an activating group) is 1. The molecule has 1 aromatic carbocycles. The van der Waals surface area contributed by atoms with Gasteiger partial charge in [-0.05, 0) is 50.1 Å². The molecular formula is C16H21N3O2. The van der Waals surface area contributed by atoms with Crippen LogP contribution in [0.4, 0.5) is 4.79 Å². The average Bonchev–Trinajstić information content (AvgIpc) is 3.00. The summed E-state index contributed by atoms with van der Waals surface area (Å²) in [5.74, 6) is 0. The summed E-state index contributed by atoms with van der Waals surface area (Å²) in [6.07, 6.45) is -4.46. The van der Waals surface area contributed by atoms with Gasteiger partial charge in [-0.25, -0.2) is 4.79 Å². The van der Waals surface area contributed by atoms with Crippen molar-refractivity contribution in [1.29, 1.82) is 0 Å². The van der Waals surface area contributed by atoms with E-state index in [1.54, 1.807) is 14.1 Å². The van der Waals surface area contributed by atoms with Crippen LogP contribution in [0.3, 0.4) is 0 Å². The van der Waals surface area contributed by atoms with Crippen molar-refractivity contribution in [1.82, 2.24) is 15.2 Å². The molecule has 1 aliphatic heterocycles. The van der Waals surface area contributed by atoms with E-state index >= 15 is 0 Å². The highest BCUT2D eigenvalue weighted by Crippen LogP contribution is 2.21. The fraction of sp³-hybridized carbons (Fsp3) is 0.438. The zero-order chi connectivity index (χ0) is 23.6. The van der Waals surface area contributed by atoms with Crippen LogP contribution in [0.2, 0.25) is 2.82 Å². The van der Waals surface area contributed by atoms with Crippen molar-refractivity contribution >= 4 is 17.0 Å². The highest BCUT2D eigenvalue weighted by molar-refractivity contribution is 5.84. The molecule has 0 bridgehead atoms. The van der Waals surface area contributed by atoms with E-state index in [0.29, 0.717) is 4.98 Å². The van der Waals surface area contributed by atoms with E-state index in [0.717, 1.165) is 0 Å². The van der Waals surface area contributed by atoms with Gasteiger partial charge >= 0.3 is 6.09 Å². The molecule has 1 amide bonds. The summed E-state index contributed by atoms with van der Waals surface area (Å²) < 4.78 is 86.3. The maximum atomic E-state index is 11.6. The Bertz CT molecular complexity index is 1070. The molecule has 112 valence electrons. The highest BCUT2D eigenvalue weighted by atomic mass is 16.6. The molecule has 21 heavy (non-hydrogen) atoms. The molecule has 0 unspecified atom stereocenters. The van der Waals surface area contributed by atoms with Crippen molar-refractivity contribution in [3.05, 3.63) is 35.4 Å². The second kappa shape index (κ2) is 5.77. The second-order valence-corrected chi connectivity index (χ2v) is 4.93. The van der Waals surface area contributed by atoms with Crippen molar-refractivity contribution in [3.63, 3.8) is 0 Å². The van der Waals surface area contributed by atoms with Gasteiger partial charge in [-0.15, -0.1) is 0 Å². The molecule has 1 aliphatic rings. The third-order valence-corrected chi connectivity index (χ3v) is 2.89. The molecule has 0 aliphatic carbocycles. The van der Waals surface area contributed by atoms with Crippen LogP contribution >= 0.6 is 0 Å². The molecule has 1 aromatic heterocycles. The molecule has 1 saturated heterocycles. The Morgan fingerprint density at radius 2 is 2.48 bits per heavy atom. The SMILES string of the molecule is [2H]c1c(C[C@@H]2N([2H])C(=O)OC2([2H])[2H])c([2H])c2c(C([2H])([2H])CN(C)C)c([2H])n([2H])c2c1[2H]. The third-order valence-electron chi connectivity index (χ3n) is 2.89. The molecule has 0 saturated carbocycles. The Labute approximate surface area is 138 Å². The standard InChI is InChI=1S/C16H21N3O2/c1-19(2)6-5-12-9-17-15-4-3-11(8-14(12)15)7-13-10-21-16(20)18-13/h3-4,8-9,13,17H,5-7,10H2,1-2H3,(H,18,20)/t13-/m0/s1/i3D,4D,5D2,8D,9D,10D2/hD2. The Balaban J connectivity index is 2.29. The number of carbonyl (C=O) groups excluding carboxylic acids is 1. The van der Waals surface area contributed by atoms with Crippen molar-refractivity contribution in [2.45, 2.75) is 18.8 Å². The Morgan fingerprint density at radius 3 is 3.19 bits per heavy atom. The normalized spacial score (nSPS) is 28.6. The van der Waals surface area contributed by atoms with Crippen LogP contribution in [-0.4, -0.2) is 49.2 Å². The minimum atomic E-state index is -2.57. The van der Waals surface area contributed by atoms with Crippen molar-refractivity contribution in [2.75, 3.05) is 27.2 Å².